The van der Waals surface area contributed by atoms with Crippen LogP contribution in [0.25, 0.3) is 0 Å². The van der Waals surface area contributed by atoms with E-state index in [2.05, 4.69) is 5.32 Å². The Morgan fingerprint density at radius 2 is 2.26 bits per heavy atom. The van der Waals surface area contributed by atoms with Crippen molar-refractivity contribution in [1.29, 1.82) is 0 Å². The molecule has 1 rings (SSSR count). The quantitative estimate of drug-likeness (QED) is 0.743. The molecule has 0 aliphatic heterocycles. The van der Waals surface area contributed by atoms with Gasteiger partial charge in [0.15, 0.2) is 0 Å². The number of ether oxygens (including phenoxy) is 2. The lowest BCUT2D eigenvalue weighted by Gasteiger charge is -2.18. The summed E-state index contributed by atoms with van der Waals surface area (Å²) in [5.74, 6) is 1.46. The van der Waals surface area contributed by atoms with E-state index in [1.165, 1.54) is 0 Å². The Balaban J connectivity index is 2.71. The summed E-state index contributed by atoms with van der Waals surface area (Å²) < 4.78 is 10.3. The van der Waals surface area contributed by atoms with Crippen molar-refractivity contribution in [2.75, 3.05) is 31.0 Å². The molecule has 19 heavy (non-hydrogen) atoms. The molecular weight excluding hydrogens is 262 g/mol. The van der Waals surface area contributed by atoms with Crippen molar-refractivity contribution in [2.24, 2.45) is 0 Å². The number of hydrogen-bond donors (Lipinski definition) is 1. The Bertz CT molecular complexity index is 398. The van der Waals surface area contributed by atoms with Crippen LogP contribution in [0.4, 0.5) is 5.69 Å². The first-order valence-corrected chi connectivity index (χ1v) is 7.66. The summed E-state index contributed by atoms with van der Waals surface area (Å²) in [6, 6.07) is 7.21. The van der Waals surface area contributed by atoms with Gasteiger partial charge in [-0.25, -0.2) is 4.79 Å². The number of hydrogen-bond acceptors (Lipinski definition) is 5. The molecule has 0 spiro atoms. The number of carbonyl (C=O) groups is 1. The van der Waals surface area contributed by atoms with Gasteiger partial charge in [-0.15, -0.1) is 0 Å². The van der Waals surface area contributed by atoms with Gasteiger partial charge in [-0.2, -0.15) is 11.8 Å². The Morgan fingerprint density at radius 1 is 1.47 bits per heavy atom. The number of methoxy groups -OCH3 is 1. The number of thioether (sulfide) groups is 1. The minimum absolute atomic E-state index is 0.209. The molecule has 0 radical (unpaired) electrons. The zero-order valence-electron chi connectivity index (χ0n) is 11.6. The fourth-order valence-corrected chi connectivity index (χ4v) is 2.11. The van der Waals surface area contributed by atoms with Crippen LogP contribution < -0.4 is 10.1 Å². The normalized spacial score (nSPS) is 11.7. The second-order valence-electron chi connectivity index (χ2n) is 3.96. The van der Waals surface area contributed by atoms with Crippen molar-refractivity contribution in [3.05, 3.63) is 24.3 Å². The maximum absolute atomic E-state index is 11.9. The molecule has 5 heteroatoms. The second-order valence-corrected chi connectivity index (χ2v) is 4.95. The average Bonchev–Trinajstić information content (AvgIpc) is 2.43. The van der Waals surface area contributed by atoms with E-state index < -0.39 is 0 Å². The number of benzene rings is 1. The van der Waals surface area contributed by atoms with Crippen LogP contribution in [0.2, 0.25) is 0 Å². The molecule has 0 aromatic heterocycles. The van der Waals surface area contributed by atoms with Gasteiger partial charge >= 0.3 is 5.97 Å². The van der Waals surface area contributed by atoms with Crippen molar-refractivity contribution in [2.45, 2.75) is 19.4 Å². The third-order valence-electron chi connectivity index (χ3n) is 2.59. The van der Waals surface area contributed by atoms with Crippen LogP contribution >= 0.6 is 11.8 Å². The maximum Gasteiger partial charge on any atom is 0.328 e. The number of rotatable bonds is 8. The van der Waals surface area contributed by atoms with E-state index in [0.717, 1.165) is 23.6 Å². The molecule has 0 amide bonds. The Hall–Kier alpha value is -1.36. The standard InChI is InChI=1S/C14H21NO3S/c1-4-18-14(16)13(8-9-19-3)15-11-6-5-7-12(10-11)17-2/h5-7,10,13,15H,4,8-9H2,1-3H3. The van der Waals surface area contributed by atoms with Crippen LogP contribution in [0.15, 0.2) is 24.3 Å². The topological polar surface area (TPSA) is 47.6 Å². The zero-order chi connectivity index (χ0) is 14.1. The molecule has 0 fully saturated rings. The van der Waals surface area contributed by atoms with Gasteiger partial charge in [-0.05, 0) is 37.5 Å². The van der Waals surface area contributed by atoms with Gasteiger partial charge in [-0.3, -0.25) is 0 Å². The molecule has 0 aliphatic carbocycles. The first kappa shape index (κ1) is 15.7. The third-order valence-corrected chi connectivity index (χ3v) is 3.24. The molecule has 1 unspecified atom stereocenters. The maximum atomic E-state index is 11.9. The summed E-state index contributed by atoms with van der Waals surface area (Å²) in [5.41, 5.74) is 0.860. The van der Waals surface area contributed by atoms with Crippen molar-refractivity contribution in [3.63, 3.8) is 0 Å². The van der Waals surface area contributed by atoms with Gasteiger partial charge in [0.1, 0.15) is 11.8 Å². The zero-order valence-corrected chi connectivity index (χ0v) is 12.5. The lowest BCUT2D eigenvalue weighted by molar-refractivity contribution is -0.144. The largest absolute Gasteiger partial charge is 0.497 e. The Morgan fingerprint density at radius 3 is 2.89 bits per heavy atom. The van der Waals surface area contributed by atoms with E-state index in [1.807, 2.05) is 37.4 Å². The van der Waals surface area contributed by atoms with Gasteiger partial charge in [0, 0.05) is 11.8 Å². The molecule has 0 saturated heterocycles. The SMILES string of the molecule is CCOC(=O)C(CCSC)Nc1cccc(OC)c1. The monoisotopic (exact) mass is 283 g/mol. The molecule has 1 aromatic rings. The van der Waals surface area contributed by atoms with E-state index in [1.54, 1.807) is 18.9 Å². The predicted octanol–water partition coefficient (Wildman–Crippen LogP) is 2.79. The molecule has 0 heterocycles. The molecule has 1 N–H and O–H groups in total. The fourth-order valence-electron chi connectivity index (χ4n) is 1.64. The highest BCUT2D eigenvalue weighted by atomic mass is 32.2. The van der Waals surface area contributed by atoms with E-state index >= 15 is 0 Å². The van der Waals surface area contributed by atoms with Crippen LogP contribution in [0.1, 0.15) is 13.3 Å². The van der Waals surface area contributed by atoms with Gasteiger partial charge in [-0.1, -0.05) is 6.07 Å². The fraction of sp³-hybridized carbons (Fsp3) is 0.500. The highest BCUT2D eigenvalue weighted by molar-refractivity contribution is 7.98. The van der Waals surface area contributed by atoms with Crippen LogP contribution in [0, 0.1) is 0 Å². The first-order valence-electron chi connectivity index (χ1n) is 6.27. The number of anilines is 1. The first-order chi connectivity index (χ1) is 9.21. The molecule has 0 bridgehead atoms. The van der Waals surface area contributed by atoms with Gasteiger partial charge in [0.25, 0.3) is 0 Å². The summed E-state index contributed by atoms with van der Waals surface area (Å²) in [4.78, 5) is 11.9. The lowest BCUT2D eigenvalue weighted by Crippen LogP contribution is -2.32. The lowest BCUT2D eigenvalue weighted by atomic mass is 10.2. The highest BCUT2D eigenvalue weighted by Crippen LogP contribution is 2.19. The van der Waals surface area contributed by atoms with E-state index in [9.17, 15) is 4.79 Å². The molecule has 0 saturated carbocycles. The van der Waals surface area contributed by atoms with E-state index in [-0.39, 0.29) is 12.0 Å². The number of esters is 1. The van der Waals surface area contributed by atoms with Gasteiger partial charge in [0.05, 0.1) is 13.7 Å². The molecular formula is C14H21NO3S. The highest BCUT2D eigenvalue weighted by Gasteiger charge is 2.19. The van der Waals surface area contributed by atoms with Crippen molar-refractivity contribution < 1.29 is 14.3 Å². The summed E-state index contributed by atoms with van der Waals surface area (Å²) in [6.45, 7) is 2.21. The van der Waals surface area contributed by atoms with Crippen molar-refractivity contribution in [3.8, 4) is 5.75 Å². The number of carbonyl (C=O) groups excluding carboxylic acids is 1. The summed E-state index contributed by atoms with van der Waals surface area (Å²) >= 11 is 1.71. The van der Waals surface area contributed by atoms with Crippen LogP contribution in [-0.4, -0.2) is 37.7 Å². The molecule has 4 nitrogen and oxygen atoms in total. The third kappa shape index (κ3) is 5.42. The summed E-state index contributed by atoms with van der Waals surface area (Å²) in [5, 5.41) is 3.21. The number of nitrogens with one attached hydrogen (secondary N) is 1. The molecule has 106 valence electrons. The molecule has 0 aliphatic rings. The predicted molar refractivity (Wildman–Crippen MR) is 80.0 cm³/mol. The summed E-state index contributed by atoms with van der Waals surface area (Å²) in [7, 11) is 1.62. The smallest absolute Gasteiger partial charge is 0.328 e. The summed E-state index contributed by atoms with van der Waals surface area (Å²) in [6.07, 6.45) is 2.75. The van der Waals surface area contributed by atoms with Crippen molar-refractivity contribution >= 4 is 23.4 Å². The van der Waals surface area contributed by atoms with Crippen LogP contribution in [0.5, 0.6) is 5.75 Å². The minimum Gasteiger partial charge on any atom is -0.497 e. The Kier molecular flexibility index (Phi) is 7.18. The van der Waals surface area contributed by atoms with Crippen LogP contribution in [0.3, 0.4) is 0 Å². The van der Waals surface area contributed by atoms with Gasteiger partial charge < -0.3 is 14.8 Å². The van der Waals surface area contributed by atoms with Crippen LogP contribution in [-0.2, 0) is 9.53 Å². The van der Waals surface area contributed by atoms with E-state index in [0.29, 0.717) is 6.61 Å². The van der Waals surface area contributed by atoms with E-state index in [4.69, 9.17) is 9.47 Å². The molecule has 1 atom stereocenters. The van der Waals surface area contributed by atoms with Crippen molar-refractivity contribution in [1.82, 2.24) is 0 Å². The minimum atomic E-state index is -0.320. The average molecular weight is 283 g/mol. The molecule has 1 aromatic carbocycles. The Labute approximate surface area is 118 Å². The second kappa shape index (κ2) is 8.69. The van der Waals surface area contributed by atoms with Gasteiger partial charge in [0.2, 0.25) is 0 Å².